The zero-order chi connectivity index (χ0) is 15.6. The number of rotatable bonds is 4. The van der Waals surface area contributed by atoms with Crippen LogP contribution in [0, 0.1) is 5.82 Å². The first-order valence-electron chi connectivity index (χ1n) is 5.91. The lowest BCUT2D eigenvalue weighted by Crippen LogP contribution is -2.14. The fourth-order valence-electron chi connectivity index (χ4n) is 1.79. The Morgan fingerprint density at radius 1 is 1.33 bits per heavy atom. The van der Waals surface area contributed by atoms with Crippen molar-refractivity contribution in [1.29, 1.82) is 0 Å². The number of nitrogen functional groups attached to an aromatic ring is 1. The Morgan fingerprint density at radius 3 is 2.67 bits per heavy atom. The van der Waals surface area contributed by atoms with E-state index in [0.717, 1.165) is 6.07 Å². The second kappa shape index (κ2) is 5.88. The molecule has 5 nitrogen and oxygen atoms in total. The molecule has 0 aliphatic heterocycles. The maximum Gasteiger partial charge on any atom is 0.250 e. The standard InChI is InChI=1S/C14H13ClFN3O2/c1-21-13-4-7(2-3-9(13)15)19-12-5-8(14(18)20)11(17)6-10(12)16/h2-6,19H,17H2,1H3,(H2,18,20). The summed E-state index contributed by atoms with van der Waals surface area (Å²) < 4.78 is 19.0. The number of hydrogen-bond acceptors (Lipinski definition) is 4. The number of carbonyl (C=O) groups is 1. The molecule has 2 aromatic carbocycles. The normalized spacial score (nSPS) is 10.2. The quantitative estimate of drug-likeness (QED) is 0.757. The van der Waals surface area contributed by atoms with E-state index in [-0.39, 0.29) is 16.9 Å². The van der Waals surface area contributed by atoms with Crippen molar-refractivity contribution < 1.29 is 13.9 Å². The molecular weight excluding hydrogens is 297 g/mol. The summed E-state index contributed by atoms with van der Waals surface area (Å²) in [4.78, 5) is 11.2. The monoisotopic (exact) mass is 309 g/mol. The van der Waals surface area contributed by atoms with E-state index in [2.05, 4.69) is 5.32 Å². The Balaban J connectivity index is 2.39. The molecule has 0 atom stereocenters. The number of hydrogen-bond donors (Lipinski definition) is 3. The van der Waals surface area contributed by atoms with Gasteiger partial charge in [0.25, 0.3) is 5.91 Å². The van der Waals surface area contributed by atoms with Gasteiger partial charge in [-0.3, -0.25) is 4.79 Å². The van der Waals surface area contributed by atoms with Crippen molar-refractivity contribution >= 4 is 34.6 Å². The van der Waals surface area contributed by atoms with Crippen molar-refractivity contribution in [3.63, 3.8) is 0 Å². The summed E-state index contributed by atoms with van der Waals surface area (Å²) in [5.41, 5.74) is 11.4. The molecule has 5 N–H and O–H groups in total. The molecule has 1 amide bonds. The summed E-state index contributed by atoms with van der Waals surface area (Å²) in [6, 6.07) is 7.14. The third-order valence-corrected chi connectivity index (χ3v) is 3.15. The highest BCUT2D eigenvalue weighted by Gasteiger charge is 2.12. The molecule has 110 valence electrons. The minimum absolute atomic E-state index is 0.0146. The van der Waals surface area contributed by atoms with Crippen molar-refractivity contribution in [2.45, 2.75) is 0 Å². The van der Waals surface area contributed by atoms with Gasteiger partial charge in [0.1, 0.15) is 11.6 Å². The summed E-state index contributed by atoms with van der Waals surface area (Å²) in [6.07, 6.45) is 0. The van der Waals surface area contributed by atoms with Gasteiger partial charge in [-0.2, -0.15) is 0 Å². The predicted molar refractivity (Wildman–Crippen MR) is 80.6 cm³/mol. The molecule has 0 heterocycles. The SMILES string of the molecule is COc1cc(Nc2cc(C(N)=O)c(N)cc2F)ccc1Cl. The van der Waals surface area contributed by atoms with Gasteiger partial charge >= 0.3 is 0 Å². The Bertz CT molecular complexity index is 707. The van der Waals surface area contributed by atoms with Gasteiger partial charge in [0.15, 0.2) is 0 Å². The van der Waals surface area contributed by atoms with Crippen molar-refractivity contribution in [2.75, 3.05) is 18.2 Å². The summed E-state index contributed by atoms with van der Waals surface area (Å²) in [6.45, 7) is 0. The van der Waals surface area contributed by atoms with Crippen LogP contribution in [-0.4, -0.2) is 13.0 Å². The second-order valence-corrected chi connectivity index (χ2v) is 4.67. The van der Waals surface area contributed by atoms with Crippen LogP contribution in [0.2, 0.25) is 5.02 Å². The summed E-state index contributed by atoms with van der Waals surface area (Å²) in [7, 11) is 1.47. The zero-order valence-corrected chi connectivity index (χ0v) is 11.9. The van der Waals surface area contributed by atoms with Gasteiger partial charge in [0.05, 0.1) is 23.4 Å². The second-order valence-electron chi connectivity index (χ2n) is 4.26. The summed E-state index contributed by atoms with van der Waals surface area (Å²) >= 11 is 5.91. The average molecular weight is 310 g/mol. The van der Waals surface area contributed by atoms with Gasteiger partial charge < -0.3 is 21.5 Å². The number of ether oxygens (including phenoxy) is 1. The molecule has 0 aliphatic carbocycles. The molecule has 0 saturated carbocycles. The first kappa shape index (κ1) is 14.9. The van der Waals surface area contributed by atoms with Crippen LogP contribution in [0.3, 0.4) is 0 Å². The van der Waals surface area contributed by atoms with Crippen LogP contribution in [0.1, 0.15) is 10.4 Å². The highest BCUT2D eigenvalue weighted by Crippen LogP contribution is 2.30. The van der Waals surface area contributed by atoms with E-state index < -0.39 is 11.7 Å². The van der Waals surface area contributed by atoms with Crippen LogP contribution in [0.25, 0.3) is 0 Å². The highest BCUT2D eigenvalue weighted by atomic mass is 35.5. The zero-order valence-electron chi connectivity index (χ0n) is 11.1. The Hall–Kier alpha value is -2.47. The molecule has 0 fully saturated rings. The average Bonchev–Trinajstić information content (AvgIpc) is 2.43. The third-order valence-electron chi connectivity index (χ3n) is 2.83. The number of amides is 1. The highest BCUT2D eigenvalue weighted by molar-refractivity contribution is 6.32. The van der Waals surface area contributed by atoms with E-state index in [1.54, 1.807) is 18.2 Å². The van der Waals surface area contributed by atoms with Crippen LogP contribution in [-0.2, 0) is 0 Å². The minimum Gasteiger partial charge on any atom is -0.495 e. The first-order chi connectivity index (χ1) is 9.92. The molecule has 0 unspecified atom stereocenters. The van der Waals surface area contributed by atoms with Gasteiger partial charge in [0, 0.05) is 17.4 Å². The van der Waals surface area contributed by atoms with Gasteiger partial charge in [-0.1, -0.05) is 11.6 Å². The van der Waals surface area contributed by atoms with Crippen LogP contribution in [0.4, 0.5) is 21.5 Å². The lowest BCUT2D eigenvalue weighted by Gasteiger charge is -2.12. The lowest BCUT2D eigenvalue weighted by atomic mass is 10.1. The van der Waals surface area contributed by atoms with Gasteiger partial charge in [-0.05, 0) is 24.3 Å². The van der Waals surface area contributed by atoms with E-state index >= 15 is 0 Å². The fraction of sp³-hybridized carbons (Fsp3) is 0.0714. The van der Waals surface area contributed by atoms with E-state index in [4.69, 9.17) is 27.8 Å². The number of nitrogens with two attached hydrogens (primary N) is 2. The number of carbonyl (C=O) groups excluding carboxylic acids is 1. The maximum atomic E-state index is 13.9. The number of methoxy groups -OCH3 is 1. The van der Waals surface area contributed by atoms with Gasteiger partial charge in [-0.25, -0.2) is 4.39 Å². The van der Waals surface area contributed by atoms with Crippen LogP contribution >= 0.6 is 11.6 Å². The Kier molecular flexibility index (Phi) is 4.18. The molecule has 0 aromatic heterocycles. The molecule has 2 rings (SSSR count). The van der Waals surface area contributed by atoms with Crippen molar-refractivity contribution in [3.05, 3.63) is 46.7 Å². The van der Waals surface area contributed by atoms with Crippen LogP contribution < -0.4 is 21.5 Å². The Morgan fingerprint density at radius 2 is 2.05 bits per heavy atom. The minimum atomic E-state index is -0.732. The molecule has 0 radical (unpaired) electrons. The summed E-state index contributed by atoms with van der Waals surface area (Å²) in [5, 5.41) is 3.25. The van der Waals surface area contributed by atoms with E-state index in [9.17, 15) is 9.18 Å². The van der Waals surface area contributed by atoms with Gasteiger partial charge in [-0.15, -0.1) is 0 Å². The van der Waals surface area contributed by atoms with Gasteiger partial charge in [0.2, 0.25) is 0 Å². The lowest BCUT2D eigenvalue weighted by molar-refractivity contribution is 0.100. The number of nitrogens with one attached hydrogen (secondary N) is 1. The van der Waals surface area contributed by atoms with E-state index in [0.29, 0.717) is 16.5 Å². The number of anilines is 3. The molecule has 0 aliphatic rings. The fourth-order valence-corrected chi connectivity index (χ4v) is 1.99. The van der Waals surface area contributed by atoms with Crippen molar-refractivity contribution in [2.24, 2.45) is 5.73 Å². The maximum absolute atomic E-state index is 13.9. The number of benzene rings is 2. The summed E-state index contributed by atoms with van der Waals surface area (Å²) in [5.74, 6) is -0.900. The molecular formula is C14H13ClFN3O2. The molecule has 2 aromatic rings. The smallest absolute Gasteiger partial charge is 0.250 e. The topological polar surface area (TPSA) is 90.4 Å². The third kappa shape index (κ3) is 3.17. The molecule has 7 heteroatoms. The van der Waals surface area contributed by atoms with Crippen LogP contribution in [0.15, 0.2) is 30.3 Å². The largest absolute Gasteiger partial charge is 0.495 e. The number of primary amides is 1. The van der Waals surface area contributed by atoms with E-state index in [1.165, 1.54) is 13.2 Å². The molecule has 0 bridgehead atoms. The molecule has 0 spiro atoms. The van der Waals surface area contributed by atoms with Crippen LogP contribution in [0.5, 0.6) is 5.75 Å². The molecule has 21 heavy (non-hydrogen) atoms. The van der Waals surface area contributed by atoms with E-state index in [1.807, 2.05) is 0 Å². The Labute approximate surface area is 125 Å². The van der Waals surface area contributed by atoms with Crippen molar-refractivity contribution in [1.82, 2.24) is 0 Å². The molecule has 0 saturated heterocycles. The van der Waals surface area contributed by atoms with Crippen molar-refractivity contribution in [3.8, 4) is 5.75 Å². The first-order valence-corrected chi connectivity index (χ1v) is 6.29. The predicted octanol–water partition coefficient (Wildman–Crippen LogP) is 2.91. The number of halogens is 2.